The number of amides is 1. The Hall–Kier alpha value is -2.20. The van der Waals surface area contributed by atoms with Gasteiger partial charge in [-0.05, 0) is 26.7 Å². The van der Waals surface area contributed by atoms with Crippen LogP contribution < -0.4 is 5.32 Å². The number of imidazole rings is 1. The Bertz CT molecular complexity index is 857. The molecule has 0 unspecified atom stereocenters. The maximum absolute atomic E-state index is 12.7. The van der Waals surface area contributed by atoms with Crippen LogP contribution in [0.5, 0.6) is 0 Å². The molecule has 0 spiro atoms. The molecule has 1 amide bonds. The molecule has 25 heavy (non-hydrogen) atoms. The van der Waals surface area contributed by atoms with Crippen LogP contribution in [0.1, 0.15) is 25.5 Å². The highest BCUT2D eigenvalue weighted by molar-refractivity contribution is 7.89. The van der Waals surface area contributed by atoms with E-state index in [4.69, 9.17) is 4.52 Å². The molecule has 10 heteroatoms. The Kier molecular flexibility index (Phi) is 4.91. The number of carbonyl (C=O) groups excluding carboxylic acids is 1. The first kappa shape index (κ1) is 17.6. The number of nitrogens with zero attached hydrogens (tertiary/aromatic N) is 4. The Morgan fingerprint density at radius 3 is 2.92 bits per heavy atom. The Labute approximate surface area is 146 Å². The fourth-order valence-corrected chi connectivity index (χ4v) is 4.27. The molecule has 1 N–H and O–H groups in total. The molecular formula is C15H21N5O4S. The topological polar surface area (TPSA) is 110 Å². The molecule has 0 saturated carbocycles. The van der Waals surface area contributed by atoms with Crippen molar-refractivity contribution < 1.29 is 17.7 Å². The summed E-state index contributed by atoms with van der Waals surface area (Å²) in [4.78, 5) is 16.4. The highest BCUT2D eigenvalue weighted by atomic mass is 32.2. The highest BCUT2D eigenvalue weighted by Crippen LogP contribution is 2.24. The second-order valence-corrected chi connectivity index (χ2v) is 7.94. The van der Waals surface area contributed by atoms with E-state index in [1.165, 1.54) is 16.8 Å². The molecule has 136 valence electrons. The monoisotopic (exact) mass is 367 g/mol. The zero-order valence-electron chi connectivity index (χ0n) is 14.2. The van der Waals surface area contributed by atoms with Crippen LogP contribution in [0.4, 0.5) is 5.82 Å². The second-order valence-electron chi connectivity index (χ2n) is 6.06. The van der Waals surface area contributed by atoms with Crippen molar-refractivity contribution in [3.63, 3.8) is 0 Å². The summed E-state index contributed by atoms with van der Waals surface area (Å²) >= 11 is 0. The third kappa shape index (κ3) is 3.74. The third-order valence-corrected chi connectivity index (χ3v) is 5.96. The first-order valence-corrected chi connectivity index (χ1v) is 9.60. The van der Waals surface area contributed by atoms with Crippen LogP contribution in [0.15, 0.2) is 28.1 Å². The minimum absolute atomic E-state index is 0.0162. The van der Waals surface area contributed by atoms with Gasteiger partial charge >= 0.3 is 0 Å². The Morgan fingerprint density at radius 2 is 2.28 bits per heavy atom. The number of piperidine rings is 1. The molecular weight excluding hydrogens is 346 g/mol. The van der Waals surface area contributed by atoms with Gasteiger partial charge in [0.25, 0.3) is 10.0 Å². The maximum Gasteiger partial charge on any atom is 0.262 e. The Morgan fingerprint density at radius 1 is 1.48 bits per heavy atom. The number of sulfonamides is 1. The number of rotatable bonds is 5. The average molecular weight is 367 g/mol. The lowest BCUT2D eigenvalue weighted by Crippen LogP contribution is -2.43. The van der Waals surface area contributed by atoms with E-state index in [1.54, 1.807) is 17.6 Å². The summed E-state index contributed by atoms with van der Waals surface area (Å²) < 4.78 is 33.4. The van der Waals surface area contributed by atoms with E-state index in [9.17, 15) is 13.2 Å². The first-order valence-electron chi connectivity index (χ1n) is 8.16. The van der Waals surface area contributed by atoms with Gasteiger partial charge < -0.3 is 14.4 Å². The van der Waals surface area contributed by atoms with Crippen LogP contribution in [0, 0.1) is 12.8 Å². The third-order valence-electron chi connectivity index (χ3n) is 4.21. The van der Waals surface area contributed by atoms with Gasteiger partial charge in [-0.2, -0.15) is 4.31 Å². The molecule has 0 bridgehead atoms. The molecule has 1 fully saturated rings. The van der Waals surface area contributed by atoms with Gasteiger partial charge in [-0.3, -0.25) is 4.79 Å². The van der Waals surface area contributed by atoms with Crippen molar-refractivity contribution in [2.45, 2.75) is 38.3 Å². The normalized spacial score (nSPS) is 19.0. The lowest BCUT2D eigenvalue weighted by molar-refractivity contribution is -0.120. The zero-order valence-corrected chi connectivity index (χ0v) is 15.0. The van der Waals surface area contributed by atoms with Crippen molar-refractivity contribution >= 4 is 21.7 Å². The summed E-state index contributed by atoms with van der Waals surface area (Å²) in [5.74, 6) is 0.236. The van der Waals surface area contributed by atoms with Gasteiger partial charge in [0.1, 0.15) is 5.76 Å². The number of carbonyl (C=O) groups is 1. The molecule has 1 aliphatic rings. The summed E-state index contributed by atoms with van der Waals surface area (Å²) in [6.07, 6.45) is 4.24. The highest BCUT2D eigenvalue weighted by Gasteiger charge is 2.34. The molecule has 0 aromatic carbocycles. The van der Waals surface area contributed by atoms with Crippen LogP contribution in [0.3, 0.4) is 0 Å². The largest absolute Gasteiger partial charge is 0.360 e. The van der Waals surface area contributed by atoms with E-state index in [2.05, 4.69) is 15.5 Å². The zero-order chi connectivity index (χ0) is 18.0. The quantitative estimate of drug-likeness (QED) is 0.851. The van der Waals surface area contributed by atoms with E-state index < -0.39 is 15.9 Å². The van der Waals surface area contributed by atoms with Crippen LogP contribution >= 0.6 is 0 Å². The van der Waals surface area contributed by atoms with Crippen LogP contribution in [0.25, 0.3) is 0 Å². The first-order chi connectivity index (χ1) is 11.9. The van der Waals surface area contributed by atoms with E-state index >= 15 is 0 Å². The van der Waals surface area contributed by atoms with Crippen molar-refractivity contribution in [3.8, 4) is 0 Å². The fraction of sp³-hybridized carbons (Fsp3) is 0.533. The predicted molar refractivity (Wildman–Crippen MR) is 89.3 cm³/mol. The van der Waals surface area contributed by atoms with Crippen LogP contribution in [-0.2, 0) is 21.4 Å². The number of hydrogen-bond donors (Lipinski definition) is 1. The summed E-state index contributed by atoms with van der Waals surface area (Å²) in [7, 11) is -3.70. The van der Waals surface area contributed by atoms with Crippen LogP contribution in [-0.4, -0.2) is 46.4 Å². The molecule has 3 rings (SSSR count). The minimum Gasteiger partial charge on any atom is -0.360 e. The lowest BCUT2D eigenvalue weighted by atomic mass is 9.99. The van der Waals surface area contributed by atoms with Gasteiger partial charge in [0.15, 0.2) is 10.8 Å². The molecule has 2 aromatic heterocycles. The average Bonchev–Trinajstić information content (AvgIpc) is 3.24. The maximum atomic E-state index is 12.7. The van der Waals surface area contributed by atoms with E-state index in [0.29, 0.717) is 37.5 Å². The van der Waals surface area contributed by atoms with Crippen molar-refractivity contribution in [1.29, 1.82) is 0 Å². The summed E-state index contributed by atoms with van der Waals surface area (Å²) in [6.45, 7) is 4.79. The lowest BCUT2D eigenvalue weighted by Gasteiger charge is -2.30. The SMILES string of the molecule is CCn1cnc(S(=O)(=O)N2CCC[C@H](C(=O)Nc3cc(C)on3)C2)c1. The molecule has 2 aromatic rings. The molecule has 1 aliphatic heterocycles. The summed E-state index contributed by atoms with van der Waals surface area (Å²) in [6, 6.07) is 1.62. The second kappa shape index (κ2) is 6.96. The fourth-order valence-electron chi connectivity index (χ4n) is 2.81. The van der Waals surface area contributed by atoms with E-state index in [1.807, 2.05) is 6.92 Å². The standard InChI is InChI=1S/C15H21N5O4S/c1-3-19-9-14(16-10-19)25(22,23)20-6-4-5-12(8-20)15(21)17-13-7-11(2)24-18-13/h7,9-10,12H,3-6,8H2,1-2H3,(H,17,18,21)/t12-/m0/s1. The summed E-state index contributed by atoms with van der Waals surface area (Å²) in [5.41, 5.74) is 0. The van der Waals surface area contributed by atoms with Crippen molar-refractivity contribution in [1.82, 2.24) is 19.0 Å². The van der Waals surface area contributed by atoms with Gasteiger partial charge in [0.2, 0.25) is 5.91 Å². The summed E-state index contributed by atoms with van der Waals surface area (Å²) in [5, 5.41) is 6.42. The molecule has 1 saturated heterocycles. The number of aryl methyl sites for hydroxylation is 2. The van der Waals surface area contributed by atoms with Gasteiger partial charge in [-0.1, -0.05) is 5.16 Å². The van der Waals surface area contributed by atoms with Gasteiger partial charge in [-0.15, -0.1) is 0 Å². The van der Waals surface area contributed by atoms with E-state index in [-0.39, 0.29) is 17.5 Å². The Balaban J connectivity index is 1.70. The molecule has 1 atom stereocenters. The van der Waals surface area contributed by atoms with Crippen molar-refractivity contribution in [2.24, 2.45) is 5.92 Å². The van der Waals surface area contributed by atoms with Gasteiger partial charge in [0.05, 0.1) is 12.2 Å². The van der Waals surface area contributed by atoms with E-state index in [0.717, 1.165) is 0 Å². The van der Waals surface area contributed by atoms with Crippen LogP contribution in [0.2, 0.25) is 0 Å². The smallest absolute Gasteiger partial charge is 0.262 e. The number of aromatic nitrogens is 3. The molecule has 3 heterocycles. The van der Waals surface area contributed by atoms with Gasteiger partial charge in [0, 0.05) is 31.9 Å². The molecule has 0 aliphatic carbocycles. The number of anilines is 1. The molecule has 9 nitrogen and oxygen atoms in total. The minimum atomic E-state index is -3.70. The van der Waals surface area contributed by atoms with Gasteiger partial charge in [-0.25, -0.2) is 13.4 Å². The van der Waals surface area contributed by atoms with Crippen molar-refractivity contribution in [3.05, 3.63) is 24.4 Å². The predicted octanol–water partition coefficient (Wildman–Crippen LogP) is 1.24. The van der Waals surface area contributed by atoms with Crippen molar-refractivity contribution in [2.75, 3.05) is 18.4 Å². The number of nitrogens with one attached hydrogen (secondary N) is 1. The molecule has 0 radical (unpaired) electrons. The number of hydrogen-bond acceptors (Lipinski definition) is 6.